The van der Waals surface area contributed by atoms with Crippen LogP contribution in [-0.4, -0.2) is 45.1 Å². The van der Waals surface area contributed by atoms with Crippen LogP contribution in [-0.2, 0) is 19.1 Å². The maximum absolute atomic E-state index is 10.4. The Balaban J connectivity index is -0.000000222. The van der Waals surface area contributed by atoms with E-state index in [1.54, 1.807) is 0 Å². The van der Waals surface area contributed by atoms with Crippen molar-refractivity contribution < 1.29 is 19.1 Å². The fourth-order valence-corrected chi connectivity index (χ4v) is 1.06. The summed E-state index contributed by atoms with van der Waals surface area (Å²) in [6.45, 7) is 0. The second kappa shape index (κ2) is 18.7. The third kappa shape index (κ3) is 38.1. The second-order valence-electron chi connectivity index (χ2n) is 2.06. The van der Waals surface area contributed by atoms with Gasteiger partial charge >= 0.3 is 11.9 Å². The van der Waals surface area contributed by atoms with Crippen LogP contribution in [0.4, 0.5) is 0 Å². The molecule has 0 radical (unpaired) electrons. The number of carbonyl (C=O) groups excluding carboxylic acids is 2. The van der Waals surface area contributed by atoms with Crippen LogP contribution < -0.4 is 0 Å². The Labute approximate surface area is 147 Å². The number of halogens is 3. The SMILES string of the molecule is COC(=O)CS.COC(=O)CSC(=S)Cl.S=C(Cl)Cl. The van der Waals surface area contributed by atoms with Crippen molar-refractivity contribution >= 4 is 103 Å². The van der Waals surface area contributed by atoms with Gasteiger partial charge in [0, 0.05) is 0 Å². The van der Waals surface area contributed by atoms with Gasteiger partial charge in [0.25, 0.3) is 0 Å². The molecule has 0 bridgehead atoms. The van der Waals surface area contributed by atoms with Crippen LogP contribution in [0.5, 0.6) is 0 Å². The largest absolute Gasteiger partial charge is 0.468 e. The van der Waals surface area contributed by atoms with Crippen LogP contribution in [0.2, 0.25) is 0 Å². The molecule has 0 N–H and O–H groups in total. The van der Waals surface area contributed by atoms with Crippen molar-refractivity contribution in [2.45, 2.75) is 0 Å². The fourth-order valence-electron chi connectivity index (χ4n) is 0.239. The minimum Gasteiger partial charge on any atom is -0.468 e. The zero-order valence-electron chi connectivity index (χ0n) is 9.85. The number of thioether (sulfide) groups is 1. The van der Waals surface area contributed by atoms with Gasteiger partial charge in [0.2, 0.25) is 0 Å². The normalized spacial score (nSPS) is 7.89. The predicted molar refractivity (Wildman–Crippen MR) is 93.1 cm³/mol. The van der Waals surface area contributed by atoms with Crippen molar-refractivity contribution in [3.05, 3.63) is 0 Å². The highest BCUT2D eigenvalue weighted by Crippen LogP contribution is 2.07. The first kappa shape index (κ1) is 24.7. The number of rotatable bonds is 3. The van der Waals surface area contributed by atoms with E-state index < -0.39 is 0 Å². The van der Waals surface area contributed by atoms with Crippen molar-refractivity contribution in [2.75, 3.05) is 25.7 Å². The molecule has 0 aromatic heterocycles. The molecule has 4 nitrogen and oxygen atoms in total. The molecule has 0 unspecified atom stereocenters. The molecule has 0 heterocycles. The zero-order chi connectivity index (χ0) is 15.8. The minimum absolute atomic E-state index is 0.0556. The second-order valence-corrected chi connectivity index (χ2v) is 6.66. The molecule has 0 aromatic rings. The first-order chi connectivity index (χ1) is 8.70. The summed E-state index contributed by atoms with van der Waals surface area (Å²) in [7, 11) is 2.65. The first-order valence-corrected chi connectivity index (χ1v) is 7.69. The minimum atomic E-state index is -0.317. The van der Waals surface area contributed by atoms with Crippen LogP contribution in [0.3, 0.4) is 0 Å². The summed E-state index contributed by atoms with van der Waals surface area (Å²) in [5.74, 6) is -0.253. The van der Waals surface area contributed by atoms with Crippen molar-refractivity contribution in [1.29, 1.82) is 0 Å². The lowest BCUT2D eigenvalue weighted by Crippen LogP contribution is -2.03. The first-order valence-electron chi connectivity index (χ1n) is 4.12. The Kier molecular flexibility index (Phi) is 24.3. The van der Waals surface area contributed by atoms with E-state index in [1.807, 2.05) is 0 Å². The molecule has 0 rings (SSSR count). The smallest absolute Gasteiger partial charge is 0.316 e. The molecule has 19 heavy (non-hydrogen) atoms. The van der Waals surface area contributed by atoms with Gasteiger partial charge in [-0.15, -0.1) is 0 Å². The number of hydrogen-bond acceptors (Lipinski definition) is 8. The van der Waals surface area contributed by atoms with Crippen molar-refractivity contribution in [2.24, 2.45) is 0 Å². The number of thiocarbonyl (C=S) groups is 2. The lowest BCUT2D eigenvalue weighted by molar-refractivity contribution is -0.138. The number of carbonyl (C=O) groups is 2. The quantitative estimate of drug-likeness (QED) is 0.335. The molecule has 0 atom stereocenters. The Bertz CT molecular complexity index is 292. The molecular formula is C8H11Cl3O4S4. The van der Waals surface area contributed by atoms with Gasteiger partial charge < -0.3 is 9.47 Å². The Morgan fingerprint density at radius 3 is 1.63 bits per heavy atom. The maximum Gasteiger partial charge on any atom is 0.316 e. The molecule has 0 aliphatic carbocycles. The van der Waals surface area contributed by atoms with Gasteiger partial charge in [-0.05, 0) is 0 Å². The van der Waals surface area contributed by atoms with Gasteiger partial charge in [-0.2, -0.15) is 12.6 Å². The van der Waals surface area contributed by atoms with Gasteiger partial charge in [-0.1, -0.05) is 71.0 Å². The van der Waals surface area contributed by atoms with E-state index in [0.29, 0.717) is 0 Å². The summed E-state index contributed by atoms with van der Waals surface area (Å²) < 4.78 is 8.69. The Hall–Kier alpha value is 0.690. The third-order valence-corrected chi connectivity index (χ3v) is 2.43. The molecule has 112 valence electrons. The van der Waals surface area contributed by atoms with Crippen LogP contribution in [0.15, 0.2) is 0 Å². The monoisotopic (exact) mass is 404 g/mol. The van der Waals surface area contributed by atoms with Crippen molar-refractivity contribution in [3.63, 3.8) is 0 Å². The molecule has 0 fully saturated rings. The molecule has 0 saturated carbocycles. The summed E-state index contributed by atoms with van der Waals surface area (Å²) in [5.41, 5.74) is 0. The van der Waals surface area contributed by atoms with Gasteiger partial charge in [-0.3, -0.25) is 9.59 Å². The standard InChI is InChI=1S/C4H5ClO2S2.C3H6O2S.CCl2S/c1-7-3(6)2-9-4(5)8;1-5-3(4)2-6;2-1(3)4/h2H2,1H3;6H,2H2,1H3;. The Morgan fingerprint density at radius 1 is 1.11 bits per heavy atom. The molecule has 11 heteroatoms. The average molecular weight is 406 g/mol. The van der Waals surface area contributed by atoms with Crippen LogP contribution in [0.25, 0.3) is 0 Å². The predicted octanol–water partition coefficient (Wildman–Crippen LogP) is 3.25. The van der Waals surface area contributed by atoms with Crippen molar-refractivity contribution in [1.82, 2.24) is 0 Å². The highest BCUT2D eigenvalue weighted by molar-refractivity contribution is 8.26. The molecule has 0 aliphatic rings. The lowest BCUT2D eigenvalue weighted by Gasteiger charge is -1.93. The van der Waals surface area contributed by atoms with E-state index in [4.69, 9.17) is 34.8 Å². The number of thiol groups is 1. The van der Waals surface area contributed by atoms with Gasteiger partial charge in [-0.25, -0.2) is 0 Å². The van der Waals surface area contributed by atoms with Crippen LogP contribution in [0, 0.1) is 0 Å². The van der Waals surface area contributed by atoms with Crippen LogP contribution in [0.1, 0.15) is 0 Å². The average Bonchev–Trinajstić information content (AvgIpc) is 2.34. The molecule has 0 spiro atoms. The summed E-state index contributed by atoms with van der Waals surface area (Å²) in [6, 6.07) is 0. The van der Waals surface area contributed by atoms with Gasteiger partial charge in [0.15, 0.2) is 3.78 Å². The van der Waals surface area contributed by atoms with Gasteiger partial charge in [0.05, 0.1) is 25.7 Å². The van der Waals surface area contributed by atoms with E-state index in [9.17, 15) is 9.59 Å². The highest BCUT2D eigenvalue weighted by atomic mass is 35.5. The highest BCUT2D eigenvalue weighted by Gasteiger charge is 2.00. The third-order valence-electron chi connectivity index (χ3n) is 0.888. The van der Waals surface area contributed by atoms with E-state index in [1.165, 1.54) is 14.2 Å². The summed E-state index contributed by atoms with van der Waals surface area (Å²) >= 11 is 28.1. The molecule has 0 aliphatic heterocycles. The van der Waals surface area contributed by atoms with Crippen LogP contribution >= 0.6 is 83.6 Å². The zero-order valence-corrected chi connectivity index (χ0v) is 15.5. The summed E-state index contributed by atoms with van der Waals surface area (Å²) in [5, 5.41) is 0. The summed E-state index contributed by atoms with van der Waals surface area (Å²) in [4.78, 5) is 20.2. The van der Waals surface area contributed by atoms with Gasteiger partial charge in [0.1, 0.15) is 3.66 Å². The number of ether oxygens (including phenoxy) is 2. The number of esters is 2. The van der Waals surface area contributed by atoms with E-state index >= 15 is 0 Å². The molecule has 0 amide bonds. The van der Waals surface area contributed by atoms with E-state index in [0.717, 1.165) is 11.8 Å². The lowest BCUT2D eigenvalue weighted by atomic mass is 10.8. The molecule has 0 aromatic carbocycles. The molecule has 0 saturated heterocycles. The summed E-state index contributed by atoms with van der Waals surface area (Å²) in [6.07, 6.45) is 0. The number of methoxy groups -OCH3 is 2. The van der Waals surface area contributed by atoms with E-state index in [2.05, 4.69) is 46.5 Å². The van der Waals surface area contributed by atoms with Crippen molar-refractivity contribution in [3.8, 4) is 0 Å². The topological polar surface area (TPSA) is 52.6 Å². The fraction of sp³-hybridized carbons (Fsp3) is 0.500. The Morgan fingerprint density at radius 2 is 1.47 bits per heavy atom. The maximum atomic E-state index is 10.4. The molecular weight excluding hydrogens is 395 g/mol. The van der Waals surface area contributed by atoms with E-state index in [-0.39, 0.29) is 30.9 Å². The number of hydrogen-bond donors (Lipinski definition) is 1.